The average molecular weight is 383 g/mol. The highest BCUT2D eigenvalue weighted by atomic mass is 35.5. The van der Waals surface area contributed by atoms with E-state index in [9.17, 15) is 19.5 Å². The molecule has 3 rings (SSSR count). The lowest BCUT2D eigenvalue weighted by atomic mass is 10.2. The lowest BCUT2D eigenvalue weighted by Gasteiger charge is -2.34. The number of carbonyl (C=O) groups excluding carboxylic acids is 3. The summed E-state index contributed by atoms with van der Waals surface area (Å²) in [6.45, 7) is 0.298. The molecule has 0 aliphatic carbocycles. The molecule has 9 nitrogen and oxygen atoms in total. The fourth-order valence-corrected chi connectivity index (χ4v) is 3.13. The van der Waals surface area contributed by atoms with E-state index in [-0.39, 0.29) is 32.8 Å². The van der Waals surface area contributed by atoms with Crippen LogP contribution in [-0.4, -0.2) is 82.7 Å². The van der Waals surface area contributed by atoms with Gasteiger partial charge in [-0.15, -0.1) is 0 Å². The topological polar surface area (TPSA) is 116 Å². The number of aliphatic hydroxyl groups excluding tert-OH is 1. The highest BCUT2D eigenvalue weighted by Crippen LogP contribution is 2.22. The van der Waals surface area contributed by atoms with E-state index in [0.717, 1.165) is 4.90 Å². The van der Waals surface area contributed by atoms with Crippen molar-refractivity contribution in [3.05, 3.63) is 29.3 Å². The Morgan fingerprint density at radius 3 is 2.65 bits per heavy atom. The van der Waals surface area contributed by atoms with Crippen molar-refractivity contribution in [1.29, 1.82) is 0 Å². The maximum Gasteiger partial charge on any atom is 0.327 e. The average Bonchev–Trinajstić information content (AvgIpc) is 2.85. The van der Waals surface area contributed by atoms with Gasteiger partial charge in [0.15, 0.2) is 0 Å². The molecule has 26 heavy (non-hydrogen) atoms. The Hall–Kier alpha value is -2.52. The van der Waals surface area contributed by atoms with Crippen molar-refractivity contribution in [3.63, 3.8) is 0 Å². The molecule has 0 radical (unpaired) electrons. The van der Waals surface area contributed by atoms with Gasteiger partial charge in [-0.25, -0.2) is 9.59 Å². The third-order valence-corrected chi connectivity index (χ3v) is 4.62. The Kier molecular flexibility index (Phi) is 5.19. The van der Waals surface area contributed by atoms with Crippen LogP contribution in [0, 0.1) is 0 Å². The molecular weight excluding hydrogens is 364 g/mol. The molecule has 2 unspecified atom stereocenters. The Morgan fingerprint density at radius 2 is 2.00 bits per heavy atom. The van der Waals surface area contributed by atoms with Gasteiger partial charge in [0.05, 0.1) is 13.1 Å². The molecule has 1 aromatic carbocycles. The number of carbonyl (C=O) groups is 3. The van der Waals surface area contributed by atoms with Gasteiger partial charge < -0.3 is 25.4 Å². The van der Waals surface area contributed by atoms with E-state index >= 15 is 0 Å². The van der Waals surface area contributed by atoms with Crippen LogP contribution in [0.5, 0.6) is 5.75 Å². The van der Waals surface area contributed by atoms with E-state index in [1.165, 1.54) is 9.80 Å². The van der Waals surface area contributed by atoms with E-state index in [1.807, 2.05) is 0 Å². The minimum absolute atomic E-state index is 0.0633. The molecule has 2 atom stereocenters. The first-order chi connectivity index (χ1) is 12.4. The van der Waals surface area contributed by atoms with Gasteiger partial charge in [-0.2, -0.15) is 0 Å². The molecule has 0 spiro atoms. The number of hydrogen-bond donors (Lipinski definition) is 2. The standard InChI is InChI=1S/C16H19ClN4O5/c17-10-1-3-12(4-2-10)26-9-11(22)7-21-14(23)13-8-19(15(18)24)5-6-20(13)16(21)25/h1-4,11,13,22H,5-9H2,(H2,18,24). The number of ether oxygens (including phenoxy) is 1. The second-order valence-corrected chi connectivity index (χ2v) is 6.58. The molecule has 0 aromatic heterocycles. The Labute approximate surface area is 154 Å². The summed E-state index contributed by atoms with van der Waals surface area (Å²) in [7, 11) is 0. The lowest BCUT2D eigenvalue weighted by Crippen LogP contribution is -2.55. The van der Waals surface area contributed by atoms with E-state index in [1.54, 1.807) is 24.3 Å². The zero-order valence-corrected chi connectivity index (χ0v) is 14.6. The van der Waals surface area contributed by atoms with Crippen molar-refractivity contribution < 1.29 is 24.2 Å². The fourth-order valence-electron chi connectivity index (χ4n) is 3.01. The van der Waals surface area contributed by atoms with Gasteiger partial charge in [0.2, 0.25) is 0 Å². The Bertz CT molecular complexity index is 713. The van der Waals surface area contributed by atoms with Gasteiger partial charge in [-0.1, -0.05) is 11.6 Å². The van der Waals surface area contributed by atoms with Crippen molar-refractivity contribution in [1.82, 2.24) is 14.7 Å². The predicted molar refractivity (Wildman–Crippen MR) is 91.7 cm³/mol. The molecular formula is C16H19ClN4O5. The highest BCUT2D eigenvalue weighted by Gasteiger charge is 2.48. The normalized spacial score (nSPS) is 21.0. The summed E-state index contributed by atoms with van der Waals surface area (Å²) in [4.78, 5) is 39.9. The summed E-state index contributed by atoms with van der Waals surface area (Å²) >= 11 is 5.79. The number of piperazine rings is 1. The molecule has 2 aliphatic heterocycles. The number of amides is 5. The number of nitrogens with two attached hydrogens (primary N) is 1. The second-order valence-electron chi connectivity index (χ2n) is 6.14. The zero-order valence-electron chi connectivity index (χ0n) is 13.9. The number of imide groups is 1. The van der Waals surface area contributed by atoms with Crippen LogP contribution in [-0.2, 0) is 4.79 Å². The van der Waals surface area contributed by atoms with Crippen LogP contribution >= 0.6 is 11.6 Å². The molecule has 2 aliphatic rings. The summed E-state index contributed by atoms with van der Waals surface area (Å²) in [6, 6.07) is 4.75. The Balaban J connectivity index is 1.57. The first kappa shape index (κ1) is 18.3. The van der Waals surface area contributed by atoms with Crippen LogP contribution < -0.4 is 10.5 Å². The van der Waals surface area contributed by atoms with Crippen molar-refractivity contribution in [3.8, 4) is 5.75 Å². The lowest BCUT2D eigenvalue weighted by molar-refractivity contribution is -0.130. The second kappa shape index (κ2) is 7.38. The third-order valence-electron chi connectivity index (χ3n) is 4.37. The molecule has 140 valence electrons. The number of urea groups is 2. The fraction of sp³-hybridized carbons (Fsp3) is 0.438. The molecule has 10 heteroatoms. The summed E-state index contributed by atoms with van der Waals surface area (Å²) in [6.07, 6.45) is -1.05. The van der Waals surface area contributed by atoms with E-state index in [4.69, 9.17) is 22.1 Å². The maximum atomic E-state index is 12.5. The molecule has 0 bridgehead atoms. The number of halogens is 1. The number of primary amides is 1. The smallest absolute Gasteiger partial charge is 0.327 e. The predicted octanol–water partition coefficient (Wildman–Crippen LogP) is 0.107. The zero-order chi connectivity index (χ0) is 18.8. The van der Waals surface area contributed by atoms with Gasteiger partial charge >= 0.3 is 12.1 Å². The molecule has 2 saturated heterocycles. The van der Waals surface area contributed by atoms with Crippen molar-refractivity contribution in [2.24, 2.45) is 5.73 Å². The number of aliphatic hydroxyl groups is 1. The first-order valence-corrected chi connectivity index (χ1v) is 8.47. The van der Waals surface area contributed by atoms with Gasteiger partial charge in [0.1, 0.15) is 24.5 Å². The van der Waals surface area contributed by atoms with E-state index in [2.05, 4.69) is 0 Å². The molecule has 2 heterocycles. The van der Waals surface area contributed by atoms with Gasteiger partial charge in [0, 0.05) is 18.1 Å². The van der Waals surface area contributed by atoms with Gasteiger partial charge in [0.25, 0.3) is 5.91 Å². The number of benzene rings is 1. The number of fused-ring (bicyclic) bond motifs is 1. The molecule has 1 aromatic rings. The third kappa shape index (κ3) is 3.68. The van der Waals surface area contributed by atoms with Crippen LogP contribution in [0.3, 0.4) is 0 Å². The molecule has 0 saturated carbocycles. The van der Waals surface area contributed by atoms with Crippen molar-refractivity contribution >= 4 is 29.6 Å². The van der Waals surface area contributed by atoms with Crippen LogP contribution in [0.1, 0.15) is 0 Å². The number of rotatable bonds is 5. The van der Waals surface area contributed by atoms with Crippen LogP contribution in [0.25, 0.3) is 0 Å². The van der Waals surface area contributed by atoms with Gasteiger partial charge in [-0.05, 0) is 24.3 Å². The maximum absolute atomic E-state index is 12.5. The quantitative estimate of drug-likeness (QED) is 0.701. The largest absolute Gasteiger partial charge is 0.491 e. The van der Waals surface area contributed by atoms with E-state index in [0.29, 0.717) is 10.8 Å². The molecule has 2 fully saturated rings. The highest BCUT2D eigenvalue weighted by molar-refractivity contribution is 6.30. The monoisotopic (exact) mass is 382 g/mol. The van der Waals surface area contributed by atoms with Crippen molar-refractivity contribution in [2.75, 3.05) is 32.8 Å². The molecule has 5 amide bonds. The Morgan fingerprint density at radius 1 is 1.31 bits per heavy atom. The number of nitrogens with zero attached hydrogens (tertiary/aromatic N) is 3. The number of hydrogen-bond acceptors (Lipinski definition) is 5. The van der Waals surface area contributed by atoms with Crippen LogP contribution in [0.4, 0.5) is 9.59 Å². The first-order valence-electron chi connectivity index (χ1n) is 8.09. The summed E-state index contributed by atoms with van der Waals surface area (Å²) in [5, 5.41) is 10.7. The number of β-amino-alcohol motifs (C(OH)–C–C–N with tert-alkyl or cyclic N) is 1. The minimum Gasteiger partial charge on any atom is -0.491 e. The SMILES string of the molecule is NC(=O)N1CCN2C(=O)N(CC(O)COc3ccc(Cl)cc3)C(=O)C2C1. The van der Waals surface area contributed by atoms with E-state index < -0.39 is 30.1 Å². The van der Waals surface area contributed by atoms with Crippen LogP contribution in [0.15, 0.2) is 24.3 Å². The molecule has 3 N–H and O–H groups in total. The van der Waals surface area contributed by atoms with Gasteiger partial charge in [-0.3, -0.25) is 9.69 Å². The van der Waals surface area contributed by atoms with Crippen LogP contribution in [0.2, 0.25) is 5.02 Å². The van der Waals surface area contributed by atoms with Crippen molar-refractivity contribution in [2.45, 2.75) is 12.1 Å². The summed E-state index contributed by atoms with van der Waals surface area (Å²) < 4.78 is 5.43. The summed E-state index contributed by atoms with van der Waals surface area (Å²) in [5.41, 5.74) is 5.24. The minimum atomic E-state index is -1.05. The summed E-state index contributed by atoms with van der Waals surface area (Å²) in [5.74, 6) is 0.0635.